The summed E-state index contributed by atoms with van der Waals surface area (Å²) in [5.74, 6) is 0.788. The number of aryl methyl sites for hydroxylation is 1. The lowest BCUT2D eigenvalue weighted by molar-refractivity contribution is -0.113. The third-order valence-corrected chi connectivity index (χ3v) is 4.71. The molecule has 0 unspecified atom stereocenters. The summed E-state index contributed by atoms with van der Waals surface area (Å²) in [6, 6.07) is 12.9. The van der Waals surface area contributed by atoms with Crippen LogP contribution in [0.3, 0.4) is 0 Å². The highest BCUT2D eigenvalue weighted by Gasteiger charge is 2.10. The van der Waals surface area contributed by atoms with Crippen molar-refractivity contribution in [1.82, 2.24) is 5.32 Å². The number of methoxy groups -OCH3 is 1. The molecule has 2 aromatic rings. The van der Waals surface area contributed by atoms with Crippen LogP contribution in [0.15, 0.2) is 47.4 Å². The molecule has 0 aliphatic heterocycles. The van der Waals surface area contributed by atoms with E-state index in [1.807, 2.05) is 44.2 Å². The average molecular weight is 372 g/mol. The van der Waals surface area contributed by atoms with Crippen molar-refractivity contribution in [2.45, 2.75) is 25.2 Å². The zero-order chi connectivity index (χ0) is 18.9. The summed E-state index contributed by atoms with van der Waals surface area (Å²) in [6.45, 7) is 4.53. The Morgan fingerprint density at radius 3 is 2.69 bits per heavy atom. The highest BCUT2D eigenvalue weighted by atomic mass is 32.2. The molecule has 0 bridgehead atoms. The minimum absolute atomic E-state index is 0.118. The zero-order valence-electron chi connectivity index (χ0n) is 15.3. The maximum Gasteiger partial charge on any atom is 0.251 e. The van der Waals surface area contributed by atoms with Crippen LogP contribution in [0, 0.1) is 6.92 Å². The molecular weight excluding hydrogens is 348 g/mol. The van der Waals surface area contributed by atoms with Gasteiger partial charge < -0.3 is 15.4 Å². The average Bonchev–Trinajstić information content (AvgIpc) is 2.66. The first-order valence-electron chi connectivity index (χ1n) is 8.49. The van der Waals surface area contributed by atoms with Gasteiger partial charge in [0, 0.05) is 22.7 Å². The molecule has 0 aromatic heterocycles. The third-order valence-electron chi connectivity index (χ3n) is 3.72. The second-order valence-electron chi connectivity index (χ2n) is 5.80. The molecule has 0 spiro atoms. The van der Waals surface area contributed by atoms with Crippen LogP contribution in [0.1, 0.15) is 29.3 Å². The van der Waals surface area contributed by atoms with Crippen molar-refractivity contribution in [1.29, 1.82) is 0 Å². The van der Waals surface area contributed by atoms with Gasteiger partial charge in [0.05, 0.1) is 12.9 Å². The Kier molecular flexibility index (Phi) is 7.53. The monoisotopic (exact) mass is 372 g/mol. The number of nitrogens with one attached hydrogen (secondary N) is 2. The van der Waals surface area contributed by atoms with E-state index < -0.39 is 0 Å². The second-order valence-corrected chi connectivity index (χ2v) is 6.85. The fourth-order valence-corrected chi connectivity index (χ4v) is 3.01. The molecule has 2 aromatic carbocycles. The third kappa shape index (κ3) is 5.81. The van der Waals surface area contributed by atoms with Crippen LogP contribution >= 0.6 is 11.8 Å². The van der Waals surface area contributed by atoms with Crippen LogP contribution in [0.25, 0.3) is 0 Å². The number of thioether (sulfide) groups is 1. The van der Waals surface area contributed by atoms with Gasteiger partial charge >= 0.3 is 0 Å². The molecule has 0 aliphatic carbocycles. The van der Waals surface area contributed by atoms with Crippen LogP contribution in [0.5, 0.6) is 5.75 Å². The molecule has 0 fully saturated rings. The summed E-state index contributed by atoms with van der Waals surface area (Å²) in [4.78, 5) is 25.3. The summed E-state index contributed by atoms with van der Waals surface area (Å²) < 4.78 is 5.18. The number of carbonyl (C=O) groups excluding carboxylic acids is 2. The van der Waals surface area contributed by atoms with E-state index in [0.717, 1.165) is 22.6 Å². The molecule has 138 valence electrons. The van der Waals surface area contributed by atoms with Gasteiger partial charge in [-0.25, -0.2) is 0 Å². The highest BCUT2D eigenvalue weighted by molar-refractivity contribution is 8.00. The Labute approximate surface area is 158 Å². The van der Waals surface area contributed by atoms with E-state index in [2.05, 4.69) is 10.6 Å². The van der Waals surface area contributed by atoms with Crippen molar-refractivity contribution >= 4 is 29.3 Å². The van der Waals surface area contributed by atoms with Gasteiger partial charge in [-0.2, -0.15) is 0 Å². The van der Waals surface area contributed by atoms with Gasteiger partial charge in [-0.05, 0) is 49.2 Å². The molecule has 2 amide bonds. The Balaban J connectivity index is 1.98. The molecule has 26 heavy (non-hydrogen) atoms. The highest BCUT2D eigenvalue weighted by Crippen LogP contribution is 2.23. The standard InChI is InChI=1S/C20H24N2O3S/c1-4-10-21-20(24)15-9-8-14(2)18(11-15)22-19(23)13-26-17-7-5-6-16(12-17)25-3/h5-9,11-12H,4,10,13H2,1-3H3,(H,21,24)(H,22,23). The number of hydrogen-bond donors (Lipinski definition) is 2. The van der Waals surface area contributed by atoms with Crippen molar-refractivity contribution in [3.8, 4) is 5.75 Å². The fraction of sp³-hybridized carbons (Fsp3) is 0.300. The number of amides is 2. The van der Waals surface area contributed by atoms with Gasteiger partial charge in [0.2, 0.25) is 5.91 Å². The molecule has 0 atom stereocenters. The molecule has 0 saturated heterocycles. The van der Waals surface area contributed by atoms with Gasteiger partial charge in [0.15, 0.2) is 0 Å². The molecule has 6 heteroatoms. The molecule has 0 aliphatic rings. The van der Waals surface area contributed by atoms with Gasteiger partial charge in [0.1, 0.15) is 5.75 Å². The van der Waals surface area contributed by atoms with Crippen molar-refractivity contribution in [3.05, 3.63) is 53.6 Å². The Bertz CT molecular complexity index is 777. The first-order chi connectivity index (χ1) is 12.5. The van der Waals surface area contributed by atoms with Crippen LogP contribution < -0.4 is 15.4 Å². The van der Waals surface area contributed by atoms with E-state index in [1.165, 1.54) is 11.8 Å². The van der Waals surface area contributed by atoms with Crippen molar-refractivity contribution in [2.75, 3.05) is 24.7 Å². The number of anilines is 1. The molecular formula is C20H24N2O3S. The zero-order valence-corrected chi connectivity index (χ0v) is 16.1. The smallest absolute Gasteiger partial charge is 0.251 e. The van der Waals surface area contributed by atoms with Gasteiger partial charge in [-0.15, -0.1) is 11.8 Å². The van der Waals surface area contributed by atoms with Gasteiger partial charge in [-0.1, -0.05) is 19.1 Å². The Morgan fingerprint density at radius 1 is 1.15 bits per heavy atom. The topological polar surface area (TPSA) is 67.4 Å². The summed E-state index contributed by atoms with van der Waals surface area (Å²) in [5, 5.41) is 5.73. The Hall–Kier alpha value is -2.47. The summed E-state index contributed by atoms with van der Waals surface area (Å²) in [7, 11) is 1.61. The van der Waals surface area contributed by atoms with E-state index in [0.29, 0.717) is 17.8 Å². The lowest BCUT2D eigenvalue weighted by Gasteiger charge is -2.11. The normalized spacial score (nSPS) is 10.3. The number of carbonyl (C=O) groups is 2. The molecule has 2 N–H and O–H groups in total. The summed E-state index contributed by atoms with van der Waals surface area (Å²) in [6.07, 6.45) is 0.878. The van der Waals surface area contributed by atoms with E-state index in [9.17, 15) is 9.59 Å². The van der Waals surface area contributed by atoms with Crippen LogP contribution in [-0.2, 0) is 4.79 Å². The number of hydrogen-bond acceptors (Lipinski definition) is 4. The number of benzene rings is 2. The van der Waals surface area contributed by atoms with Gasteiger partial charge in [0.25, 0.3) is 5.91 Å². The van der Waals surface area contributed by atoms with Crippen LogP contribution in [0.2, 0.25) is 0 Å². The summed E-state index contributed by atoms with van der Waals surface area (Å²) >= 11 is 1.43. The van der Waals surface area contributed by atoms with Crippen molar-refractivity contribution < 1.29 is 14.3 Å². The quantitative estimate of drug-likeness (QED) is 0.690. The minimum Gasteiger partial charge on any atom is -0.497 e. The maximum absolute atomic E-state index is 12.3. The molecule has 5 nitrogen and oxygen atoms in total. The Morgan fingerprint density at radius 2 is 1.96 bits per heavy atom. The van der Waals surface area contributed by atoms with Crippen LogP contribution in [-0.4, -0.2) is 31.2 Å². The minimum atomic E-state index is -0.131. The van der Waals surface area contributed by atoms with Crippen molar-refractivity contribution in [2.24, 2.45) is 0 Å². The maximum atomic E-state index is 12.3. The first kappa shape index (κ1) is 19.8. The predicted molar refractivity (Wildman–Crippen MR) is 106 cm³/mol. The lowest BCUT2D eigenvalue weighted by atomic mass is 10.1. The van der Waals surface area contributed by atoms with E-state index in [4.69, 9.17) is 4.74 Å². The van der Waals surface area contributed by atoms with E-state index >= 15 is 0 Å². The van der Waals surface area contributed by atoms with E-state index in [1.54, 1.807) is 19.2 Å². The van der Waals surface area contributed by atoms with Crippen LogP contribution in [0.4, 0.5) is 5.69 Å². The predicted octanol–water partition coefficient (Wildman–Crippen LogP) is 3.87. The lowest BCUT2D eigenvalue weighted by Crippen LogP contribution is -2.24. The molecule has 0 radical (unpaired) electrons. The first-order valence-corrected chi connectivity index (χ1v) is 9.47. The molecule has 0 heterocycles. The fourth-order valence-electron chi connectivity index (χ4n) is 2.26. The largest absolute Gasteiger partial charge is 0.497 e. The number of rotatable bonds is 8. The SMILES string of the molecule is CCCNC(=O)c1ccc(C)c(NC(=O)CSc2cccc(OC)c2)c1. The second kappa shape index (κ2) is 9.87. The van der Waals surface area contributed by atoms with Gasteiger partial charge in [-0.3, -0.25) is 9.59 Å². The van der Waals surface area contributed by atoms with E-state index in [-0.39, 0.29) is 17.6 Å². The van der Waals surface area contributed by atoms with Crippen molar-refractivity contribution in [3.63, 3.8) is 0 Å². The molecule has 0 saturated carbocycles. The molecule has 2 rings (SSSR count). The summed E-state index contributed by atoms with van der Waals surface area (Å²) in [5.41, 5.74) is 2.11. The number of ether oxygens (including phenoxy) is 1.